The quantitative estimate of drug-likeness (QED) is 0.157. The van der Waals surface area contributed by atoms with Crippen molar-refractivity contribution in [1.29, 1.82) is 0 Å². The molecule has 0 amide bonds. The Morgan fingerprint density at radius 3 is 1.31 bits per heavy atom. The summed E-state index contributed by atoms with van der Waals surface area (Å²) in [5.74, 6) is 0. The Bertz CT molecular complexity index is 3000. The lowest BCUT2D eigenvalue weighted by Gasteiger charge is -2.27. The number of fused-ring (bicyclic) bond motifs is 6. The van der Waals surface area contributed by atoms with Crippen LogP contribution in [0.5, 0.6) is 0 Å². The largest absolute Gasteiger partial charge is 0.311 e. The maximum Gasteiger partial charge on any atom is 0.0541 e. The number of nitrogens with zero attached hydrogens (tertiary/aromatic N) is 2. The van der Waals surface area contributed by atoms with E-state index in [9.17, 15) is 0 Å². The molecule has 0 N–H and O–H groups in total. The first-order valence-electron chi connectivity index (χ1n) is 20.5. The molecule has 0 saturated heterocycles. The maximum atomic E-state index is 2.49. The lowest BCUT2D eigenvalue weighted by atomic mass is 9.80. The van der Waals surface area contributed by atoms with Gasteiger partial charge >= 0.3 is 0 Å². The summed E-state index contributed by atoms with van der Waals surface area (Å²) < 4.78 is 2.49. The minimum atomic E-state index is -0.210. The standard InChI is InChI=1S/C57H42N2/c1-57(2)51-22-12-9-21-50(51)55-47(37-38-54(56(55)57)59-52-23-13-10-19-48(52)49-20-11-14-24-53(49)59)43-29-35-46(36-30-43)58(44-31-25-41(26-32-44)39-15-5-3-6-16-39)45-33-27-42(28-34-45)40-17-7-4-8-18-40/h3-38H,1-2H3. The van der Waals surface area contributed by atoms with Gasteiger partial charge in [-0.15, -0.1) is 0 Å². The maximum absolute atomic E-state index is 2.49. The number of hydrogen-bond donors (Lipinski definition) is 0. The molecular weight excluding hydrogens is 713 g/mol. The van der Waals surface area contributed by atoms with Crippen LogP contribution in [0.25, 0.3) is 72.0 Å². The molecule has 0 spiro atoms. The second-order valence-corrected chi connectivity index (χ2v) is 16.1. The van der Waals surface area contributed by atoms with Crippen LogP contribution in [0.15, 0.2) is 218 Å². The van der Waals surface area contributed by atoms with Crippen LogP contribution in [0.3, 0.4) is 0 Å². The summed E-state index contributed by atoms with van der Waals surface area (Å²) in [5, 5.41) is 2.55. The summed E-state index contributed by atoms with van der Waals surface area (Å²) in [5.41, 5.74) is 19.4. The molecule has 0 radical (unpaired) electrons. The molecule has 280 valence electrons. The van der Waals surface area contributed by atoms with Gasteiger partial charge in [-0.05, 0) is 110 Å². The third-order valence-corrected chi connectivity index (χ3v) is 12.4. The molecule has 0 atom stereocenters. The van der Waals surface area contributed by atoms with Crippen LogP contribution in [0.4, 0.5) is 17.1 Å². The summed E-state index contributed by atoms with van der Waals surface area (Å²) in [6.45, 7) is 4.79. The predicted octanol–water partition coefficient (Wildman–Crippen LogP) is 15.6. The molecular formula is C57H42N2. The number of aromatic nitrogens is 1. The fourth-order valence-electron chi connectivity index (χ4n) is 9.60. The van der Waals surface area contributed by atoms with Crippen LogP contribution < -0.4 is 4.90 Å². The third kappa shape index (κ3) is 5.71. The average Bonchev–Trinajstić information content (AvgIpc) is 3.76. The molecule has 2 nitrogen and oxygen atoms in total. The SMILES string of the molecule is CC1(C)c2ccccc2-c2c(-c3ccc(N(c4ccc(-c5ccccc5)cc4)c4ccc(-c5ccccc5)cc4)cc3)ccc(-n3c4ccccc4c4ccccc43)c21. The molecule has 0 bridgehead atoms. The van der Waals surface area contributed by atoms with Crippen LogP contribution in [0.1, 0.15) is 25.0 Å². The van der Waals surface area contributed by atoms with E-state index in [0.29, 0.717) is 0 Å². The number of anilines is 3. The van der Waals surface area contributed by atoms with Crippen molar-refractivity contribution in [3.63, 3.8) is 0 Å². The zero-order chi connectivity index (χ0) is 39.5. The molecule has 59 heavy (non-hydrogen) atoms. The summed E-state index contributed by atoms with van der Waals surface area (Å²) in [6, 6.07) is 79.6. The van der Waals surface area contributed by atoms with Gasteiger partial charge in [0.25, 0.3) is 0 Å². The molecule has 0 saturated carbocycles. The Morgan fingerprint density at radius 1 is 0.356 bits per heavy atom. The van der Waals surface area contributed by atoms with E-state index in [0.717, 1.165) is 17.1 Å². The lowest BCUT2D eigenvalue weighted by Crippen LogP contribution is -2.18. The lowest BCUT2D eigenvalue weighted by molar-refractivity contribution is 0.657. The average molecular weight is 755 g/mol. The Kier molecular flexibility index (Phi) is 8.20. The van der Waals surface area contributed by atoms with Crippen molar-refractivity contribution in [2.24, 2.45) is 0 Å². The van der Waals surface area contributed by atoms with Gasteiger partial charge in [0, 0.05) is 33.2 Å². The first-order valence-corrected chi connectivity index (χ1v) is 20.5. The normalized spacial score (nSPS) is 12.7. The monoisotopic (exact) mass is 754 g/mol. The first-order chi connectivity index (χ1) is 29.0. The van der Waals surface area contributed by atoms with Gasteiger partial charge in [0.15, 0.2) is 0 Å². The number of hydrogen-bond acceptors (Lipinski definition) is 1. The van der Waals surface area contributed by atoms with Crippen molar-refractivity contribution >= 4 is 38.9 Å². The van der Waals surface area contributed by atoms with Gasteiger partial charge in [0.05, 0.1) is 16.7 Å². The zero-order valence-electron chi connectivity index (χ0n) is 33.2. The van der Waals surface area contributed by atoms with E-state index in [1.54, 1.807) is 0 Å². The molecule has 9 aromatic carbocycles. The molecule has 0 unspecified atom stereocenters. The highest BCUT2D eigenvalue weighted by atomic mass is 15.1. The van der Waals surface area contributed by atoms with E-state index < -0.39 is 0 Å². The first kappa shape index (κ1) is 34.8. The molecule has 0 aliphatic heterocycles. The van der Waals surface area contributed by atoms with E-state index >= 15 is 0 Å². The van der Waals surface area contributed by atoms with Gasteiger partial charge in [0.2, 0.25) is 0 Å². The summed E-state index contributed by atoms with van der Waals surface area (Å²) in [7, 11) is 0. The van der Waals surface area contributed by atoms with E-state index in [1.165, 1.54) is 83.1 Å². The fourth-order valence-corrected chi connectivity index (χ4v) is 9.60. The Hall–Kier alpha value is -7.42. The van der Waals surface area contributed by atoms with Gasteiger partial charge in [-0.3, -0.25) is 0 Å². The molecule has 2 heteroatoms. The van der Waals surface area contributed by atoms with Crippen molar-refractivity contribution < 1.29 is 0 Å². The highest BCUT2D eigenvalue weighted by molar-refractivity contribution is 6.10. The number of para-hydroxylation sites is 2. The van der Waals surface area contributed by atoms with Crippen molar-refractivity contribution in [1.82, 2.24) is 4.57 Å². The van der Waals surface area contributed by atoms with Crippen LogP contribution >= 0.6 is 0 Å². The summed E-state index contributed by atoms with van der Waals surface area (Å²) in [6.07, 6.45) is 0. The van der Waals surface area contributed by atoms with E-state index in [1.807, 2.05) is 0 Å². The summed E-state index contributed by atoms with van der Waals surface area (Å²) in [4.78, 5) is 2.36. The Labute approximate surface area is 345 Å². The molecule has 1 aliphatic rings. The molecule has 1 aliphatic carbocycles. The Morgan fingerprint density at radius 2 is 0.780 bits per heavy atom. The van der Waals surface area contributed by atoms with Crippen LogP contribution in [-0.2, 0) is 5.41 Å². The molecule has 11 rings (SSSR count). The van der Waals surface area contributed by atoms with E-state index in [4.69, 9.17) is 0 Å². The fraction of sp³-hybridized carbons (Fsp3) is 0.0526. The highest BCUT2D eigenvalue weighted by Crippen LogP contribution is 2.55. The third-order valence-electron chi connectivity index (χ3n) is 12.4. The van der Waals surface area contributed by atoms with Gasteiger partial charge < -0.3 is 9.47 Å². The van der Waals surface area contributed by atoms with Crippen molar-refractivity contribution in [2.45, 2.75) is 19.3 Å². The van der Waals surface area contributed by atoms with Crippen LogP contribution in [-0.4, -0.2) is 4.57 Å². The predicted molar refractivity (Wildman–Crippen MR) is 249 cm³/mol. The highest BCUT2D eigenvalue weighted by Gasteiger charge is 2.39. The van der Waals surface area contributed by atoms with E-state index in [-0.39, 0.29) is 5.41 Å². The molecule has 10 aromatic rings. The van der Waals surface area contributed by atoms with Gasteiger partial charge in [-0.1, -0.05) is 178 Å². The summed E-state index contributed by atoms with van der Waals surface area (Å²) >= 11 is 0. The minimum absolute atomic E-state index is 0.210. The van der Waals surface area contributed by atoms with Crippen molar-refractivity contribution in [3.8, 4) is 50.2 Å². The van der Waals surface area contributed by atoms with Crippen molar-refractivity contribution in [2.75, 3.05) is 4.90 Å². The van der Waals surface area contributed by atoms with Gasteiger partial charge in [-0.2, -0.15) is 0 Å². The van der Waals surface area contributed by atoms with Crippen LogP contribution in [0, 0.1) is 0 Å². The number of rotatable bonds is 7. The van der Waals surface area contributed by atoms with E-state index in [2.05, 4.69) is 242 Å². The number of benzene rings is 9. The Balaban J connectivity index is 1.05. The minimum Gasteiger partial charge on any atom is -0.311 e. The molecule has 1 heterocycles. The molecule has 1 aromatic heterocycles. The van der Waals surface area contributed by atoms with Gasteiger partial charge in [0.1, 0.15) is 0 Å². The smallest absolute Gasteiger partial charge is 0.0541 e. The van der Waals surface area contributed by atoms with Crippen molar-refractivity contribution in [3.05, 3.63) is 230 Å². The van der Waals surface area contributed by atoms with Gasteiger partial charge in [-0.25, -0.2) is 0 Å². The second kappa shape index (κ2) is 13.9. The van der Waals surface area contributed by atoms with Crippen LogP contribution in [0.2, 0.25) is 0 Å². The molecule has 0 fully saturated rings. The zero-order valence-corrected chi connectivity index (χ0v) is 33.2. The second-order valence-electron chi connectivity index (χ2n) is 16.1. The topological polar surface area (TPSA) is 8.17 Å².